The number of rotatable bonds is 10. The average Bonchev–Trinajstić information content (AvgIpc) is 2.77. The maximum atomic E-state index is 12.0. The Kier molecular flexibility index (Phi) is 8.70. The minimum Gasteiger partial charge on any atom is -0.490 e. The lowest BCUT2D eigenvalue weighted by Gasteiger charge is -2.23. The number of amides is 1. The van der Waals surface area contributed by atoms with Crippen LogP contribution in [0, 0.1) is 0 Å². The summed E-state index contributed by atoms with van der Waals surface area (Å²) >= 11 is 0. The topological polar surface area (TPSA) is 74.3 Å². The van der Waals surface area contributed by atoms with Gasteiger partial charge in [0.25, 0.3) is 0 Å². The van der Waals surface area contributed by atoms with E-state index in [-0.39, 0.29) is 18.6 Å². The van der Waals surface area contributed by atoms with Crippen LogP contribution in [0.25, 0.3) is 0 Å². The third-order valence-electron chi connectivity index (χ3n) is 5.18. The molecule has 0 aliphatic carbocycles. The summed E-state index contributed by atoms with van der Waals surface area (Å²) in [6, 6.07) is 15.6. The van der Waals surface area contributed by atoms with Crippen LogP contribution >= 0.6 is 0 Å². The number of hydrogen-bond donors (Lipinski definition) is 2. The van der Waals surface area contributed by atoms with Gasteiger partial charge in [-0.3, -0.25) is 10.0 Å². The highest BCUT2D eigenvalue weighted by Gasteiger charge is 2.15. The van der Waals surface area contributed by atoms with Crippen molar-refractivity contribution in [1.82, 2.24) is 9.96 Å². The van der Waals surface area contributed by atoms with Crippen LogP contribution in [0.1, 0.15) is 31.2 Å². The van der Waals surface area contributed by atoms with Crippen LogP contribution in [0.5, 0.6) is 5.75 Å². The summed E-state index contributed by atoms with van der Waals surface area (Å²) in [5.74, 6) is 0.609. The maximum absolute atomic E-state index is 12.0. The molecule has 0 aromatic heterocycles. The third kappa shape index (κ3) is 7.86. The number of carbonyl (C=O) groups excluding carboxylic acids is 1. The molecular weight excluding hydrogens is 394 g/mol. The highest BCUT2D eigenvalue weighted by Crippen LogP contribution is 2.23. The number of nitrogens with zero attached hydrogens (tertiary/aromatic N) is 2. The Balaban J connectivity index is 1.45. The summed E-state index contributed by atoms with van der Waals surface area (Å²) in [4.78, 5) is 14.0. The molecule has 168 valence electrons. The van der Waals surface area contributed by atoms with E-state index in [1.54, 1.807) is 0 Å². The molecule has 0 unspecified atom stereocenters. The highest BCUT2D eigenvalue weighted by atomic mass is 16.5. The van der Waals surface area contributed by atoms with E-state index >= 15 is 0 Å². The second kappa shape index (κ2) is 11.7. The van der Waals surface area contributed by atoms with Gasteiger partial charge in [-0.1, -0.05) is 12.1 Å². The van der Waals surface area contributed by atoms with Gasteiger partial charge in [-0.05, 0) is 69.0 Å². The Morgan fingerprint density at radius 3 is 2.29 bits per heavy atom. The smallest absolute Gasteiger partial charge is 0.246 e. The third-order valence-corrected chi connectivity index (χ3v) is 5.18. The number of benzene rings is 2. The van der Waals surface area contributed by atoms with Crippen molar-refractivity contribution in [3.8, 4) is 5.75 Å². The molecule has 7 nitrogen and oxygen atoms in total. The van der Waals surface area contributed by atoms with Crippen LogP contribution in [0.4, 0.5) is 11.4 Å². The normalized spacial score (nSPS) is 14.5. The van der Waals surface area contributed by atoms with Crippen molar-refractivity contribution in [3.63, 3.8) is 0 Å². The van der Waals surface area contributed by atoms with Gasteiger partial charge in [0.05, 0.1) is 19.8 Å². The minimum atomic E-state index is -0.257. The van der Waals surface area contributed by atoms with Gasteiger partial charge in [0.1, 0.15) is 11.9 Å². The molecule has 1 saturated heterocycles. The van der Waals surface area contributed by atoms with Crippen LogP contribution < -0.4 is 10.1 Å². The van der Waals surface area contributed by atoms with Gasteiger partial charge < -0.3 is 19.7 Å². The number of hydroxylamine groups is 2. The summed E-state index contributed by atoms with van der Waals surface area (Å²) in [6.07, 6.45) is 3.15. The predicted molar refractivity (Wildman–Crippen MR) is 121 cm³/mol. The highest BCUT2D eigenvalue weighted by molar-refractivity contribution is 5.74. The molecule has 1 heterocycles. The zero-order chi connectivity index (χ0) is 22.1. The van der Waals surface area contributed by atoms with E-state index in [4.69, 9.17) is 9.47 Å². The summed E-state index contributed by atoms with van der Waals surface area (Å²) in [5.41, 5.74) is 2.77. The monoisotopic (exact) mass is 427 g/mol. The number of ether oxygens (including phenoxy) is 2. The predicted octanol–water partition coefficient (Wildman–Crippen LogP) is 4.05. The fourth-order valence-electron chi connectivity index (χ4n) is 3.40. The van der Waals surface area contributed by atoms with Gasteiger partial charge in [-0.15, -0.1) is 0 Å². The standard InChI is InChI=1S/C24H33N3O4/c1-26(2)15-3-4-24(28)27(29)18-19-5-7-20(8-6-19)25-21-9-11-22(12-10-21)31-23-13-16-30-17-14-23/h5-12,23,25,29H,3-4,13-18H2,1-2H3. The van der Waals surface area contributed by atoms with E-state index in [9.17, 15) is 10.0 Å². The van der Waals surface area contributed by atoms with Crippen LogP contribution in [-0.4, -0.2) is 61.0 Å². The molecule has 1 aliphatic heterocycles. The molecule has 1 fully saturated rings. The fourth-order valence-corrected chi connectivity index (χ4v) is 3.40. The van der Waals surface area contributed by atoms with Crippen molar-refractivity contribution < 1.29 is 19.5 Å². The van der Waals surface area contributed by atoms with Crippen molar-refractivity contribution in [3.05, 3.63) is 54.1 Å². The van der Waals surface area contributed by atoms with Crippen molar-refractivity contribution >= 4 is 17.3 Å². The lowest BCUT2D eigenvalue weighted by molar-refractivity contribution is -0.168. The van der Waals surface area contributed by atoms with Gasteiger partial charge in [-0.25, -0.2) is 5.06 Å². The van der Waals surface area contributed by atoms with Crippen molar-refractivity contribution in [1.29, 1.82) is 0 Å². The quantitative estimate of drug-likeness (QED) is 0.440. The number of nitrogens with one attached hydrogen (secondary N) is 1. The molecule has 0 radical (unpaired) electrons. The SMILES string of the molecule is CN(C)CCCC(=O)N(O)Cc1ccc(Nc2ccc(OC3CCOCC3)cc2)cc1. The van der Waals surface area contributed by atoms with Crippen LogP contribution in [0.3, 0.4) is 0 Å². The van der Waals surface area contributed by atoms with Crippen LogP contribution in [0.2, 0.25) is 0 Å². The fraction of sp³-hybridized carbons (Fsp3) is 0.458. The minimum absolute atomic E-state index is 0.180. The summed E-state index contributed by atoms with van der Waals surface area (Å²) < 4.78 is 11.4. The molecule has 2 aromatic carbocycles. The average molecular weight is 428 g/mol. The molecule has 7 heteroatoms. The van der Waals surface area contributed by atoms with E-state index < -0.39 is 0 Å². The van der Waals surface area contributed by atoms with Crippen molar-refractivity contribution in [2.24, 2.45) is 0 Å². The Hall–Kier alpha value is -2.61. The van der Waals surface area contributed by atoms with Crippen LogP contribution in [0.15, 0.2) is 48.5 Å². The first-order valence-corrected chi connectivity index (χ1v) is 10.8. The van der Waals surface area contributed by atoms with Gasteiger partial charge in [0, 0.05) is 30.6 Å². The zero-order valence-electron chi connectivity index (χ0n) is 18.4. The first kappa shape index (κ1) is 23.1. The Bertz CT molecular complexity index is 803. The molecule has 1 amide bonds. The molecule has 2 N–H and O–H groups in total. The van der Waals surface area contributed by atoms with Gasteiger partial charge in [-0.2, -0.15) is 0 Å². The second-order valence-corrected chi connectivity index (χ2v) is 8.13. The molecule has 3 rings (SSSR count). The van der Waals surface area contributed by atoms with Crippen LogP contribution in [-0.2, 0) is 16.1 Å². The Labute approximate surface area is 184 Å². The second-order valence-electron chi connectivity index (χ2n) is 8.13. The van der Waals surface area contributed by atoms with E-state index in [1.165, 1.54) is 0 Å². The molecule has 0 saturated carbocycles. The van der Waals surface area contributed by atoms with Crippen molar-refractivity contribution in [2.45, 2.75) is 38.3 Å². The molecular formula is C24H33N3O4. The zero-order valence-corrected chi connectivity index (χ0v) is 18.4. The van der Waals surface area contributed by atoms with E-state index in [0.717, 1.165) is 66.8 Å². The maximum Gasteiger partial charge on any atom is 0.246 e. The van der Waals surface area contributed by atoms with Gasteiger partial charge in [0.15, 0.2) is 0 Å². The molecule has 0 bridgehead atoms. The Morgan fingerprint density at radius 2 is 1.68 bits per heavy atom. The molecule has 0 atom stereocenters. The lowest BCUT2D eigenvalue weighted by atomic mass is 10.1. The van der Waals surface area contributed by atoms with Gasteiger partial charge in [0.2, 0.25) is 5.91 Å². The van der Waals surface area contributed by atoms with E-state index in [1.807, 2.05) is 67.5 Å². The lowest BCUT2D eigenvalue weighted by Crippen LogP contribution is -2.27. The molecule has 31 heavy (non-hydrogen) atoms. The molecule has 2 aromatic rings. The van der Waals surface area contributed by atoms with E-state index in [2.05, 4.69) is 5.32 Å². The van der Waals surface area contributed by atoms with E-state index in [0.29, 0.717) is 6.42 Å². The molecule has 0 spiro atoms. The summed E-state index contributed by atoms with van der Waals surface area (Å²) in [6.45, 7) is 2.53. The number of anilines is 2. The molecule has 1 aliphatic rings. The van der Waals surface area contributed by atoms with Gasteiger partial charge >= 0.3 is 0 Å². The van der Waals surface area contributed by atoms with Crippen molar-refractivity contribution in [2.75, 3.05) is 39.2 Å². The Morgan fingerprint density at radius 1 is 1.06 bits per heavy atom. The first-order chi connectivity index (χ1) is 15.0. The summed E-state index contributed by atoms with van der Waals surface area (Å²) in [5, 5.41) is 14.2. The number of hydrogen-bond acceptors (Lipinski definition) is 6. The largest absolute Gasteiger partial charge is 0.490 e. The summed E-state index contributed by atoms with van der Waals surface area (Å²) in [7, 11) is 3.93. The number of carbonyl (C=O) groups is 1. The first-order valence-electron chi connectivity index (χ1n) is 10.8.